The summed E-state index contributed by atoms with van der Waals surface area (Å²) in [6.07, 6.45) is 1.55. The lowest BCUT2D eigenvalue weighted by atomic mass is 9.99. The average Bonchev–Trinajstić information content (AvgIpc) is 2.38. The van der Waals surface area contributed by atoms with Crippen LogP contribution in [-0.2, 0) is 4.79 Å². The molecule has 4 heteroatoms. The number of carbonyl (C=O) groups excluding carboxylic acids is 1. The first kappa shape index (κ1) is 14.5. The summed E-state index contributed by atoms with van der Waals surface area (Å²) in [4.78, 5) is 10.7. The number of hydrogen-bond donors (Lipinski definition) is 2. The Morgan fingerprint density at radius 3 is 2.44 bits per heavy atom. The van der Waals surface area contributed by atoms with Crippen LogP contribution in [0, 0.1) is 0 Å². The summed E-state index contributed by atoms with van der Waals surface area (Å²) in [7, 11) is 0. The number of primary amides is 1. The Bertz CT molecular complexity index is 376. The zero-order valence-corrected chi connectivity index (χ0v) is 11.1. The van der Waals surface area contributed by atoms with E-state index in [0.717, 1.165) is 12.2 Å². The van der Waals surface area contributed by atoms with Crippen LogP contribution in [0.25, 0.3) is 0 Å². The van der Waals surface area contributed by atoms with Crippen molar-refractivity contribution in [1.29, 1.82) is 0 Å². The fourth-order valence-corrected chi connectivity index (χ4v) is 1.57. The van der Waals surface area contributed by atoms with Crippen molar-refractivity contribution in [3.05, 3.63) is 29.8 Å². The highest BCUT2D eigenvalue weighted by molar-refractivity contribution is 5.79. The van der Waals surface area contributed by atoms with Gasteiger partial charge in [0, 0.05) is 6.42 Å². The average molecular weight is 250 g/mol. The molecule has 0 spiro atoms. The molecule has 0 saturated carbocycles. The van der Waals surface area contributed by atoms with E-state index in [-0.39, 0.29) is 0 Å². The minimum absolute atomic E-state index is 0.396. The number of rotatable bonds is 7. The predicted molar refractivity (Wildman–Crippen MR) is 72.4 cm³/mol. The van der Waals surface area contributed by atoms with Gasteiger partial charge in [-0.05, 0) is 30.0 Å². The van der Waals surface area contributed by atoms with Crippen LogP contribution in [0.5, 0.6) is 5.75 Å². The molecule has 0 aliphatic carbocycles. The van der Waals surface area contributed by atoms with Gasteiger partial charge in [0.25, 0.3) is 0 Å². The van der Waals surface area contributed by atoms with E-state index in [1.165, 1.54) is 5.56 Å². The van der Waals surface area contributed by atoms with Gasteiger partial charge in [0.05, 0.1) is 12.6 Å². The summed E-state index contributed by atoms with van der Waals surface area (Å²) in [5.74, 6) is 0.853. The Morgan fingerprint density at radius 2 is 1.94 bits per heavy atom. The lowest BCUT2D eigenvalue weighted by Crippen LogP contribution is -2.37. The number of benzene rings is 1. The first-order valence-electron chi connectivity index (χ1n) is 6.32. The van der Waals surface area contributed by atoms with E-state index in [1.807, 2.05) is 12.1 Å². The van der Waals surface area contributed by atoms with E-state index in [0.29, 0.717) is 18.9 Å². The molecule has 18 heavy (non-hydrogen) atoms. The predicted octanol–water partition coefficient (Wildman–Crippen LogP) is 1.78. The number of carbonyl (C=O) groups is 1. The zero-order chi connectivity index (χ0) is 13.5. The molecule has 0 fully saturated rings. The molecule has 0 radical (unpaired) electrons. The molecule has 0 aliphatic heterocycles. The maximum Gasteiger partial charge on any atom is 0.234 e. The van der Waals surface area contributed by atoms with Crippen LogP contribution in [0.2, 0.25) is 0 Å². The van der Waals surface area contributed by atoms with Crippen LogP contribution in [0.4, 0.5) is 0 Å². The summed E-state index contributed by atoms with van der Waals surface area (Å²) in [6.45, 7) is 4.76. The highest BCUT2D eigenvalue weighted by Gasteiger charge is 2.09. The molecule has 1 aromatic rings. The highest BCUT2D eigenvalue weighted by atomic mass is 16.5. The standard InChI is InChI=1S/C14H22N2O2/c1-3-10(2)11-4-6-12(7-5-11)18-9-8-13(15)14(16)17/h4-7,10,13H,3,8-9,15H2,1-2H3,(H2,16,17). The van der Waals surface area contributed by atoms with E-state index in [2.05, 4.69) is 26.0 Å². The Labute approximate surface area is 108 Å². The van der Waals surface area contributed by atoms with Crippen LogP contribution >= 0.6 is 0 Å². The number of ether oxygens (including phenoxy) is 1. The summed E-state index contributed by atoms with van der Waals surface area (Å²) in [5, 5.41) is 0. The molecule has 1 rings (SSSR count). The van der Waals surface area contributed by atoms with Crippen LogP contribution in [-0.4, -0.2) is 18.6 Å². The van der Waals surface area contributed by atoms with Crippen LogP contribution in [0.1, 0.15) is 38.2 Å². The molecule has 1 amide bonds. The Kier molecular flexibility index (Phi) is 5.65. The van der Waals surface area contributed by atoms with Gasteiger partial charge in [-0.15, -0.1) is 0 Å². The van der Waals surface area contributed by atoms with Gasteiger partial charge in [0.2, 0.25) is 5.91 Å². The van der Waals surface area contributed by atoms with E-state index in [9.17, 15) is 4.79 Å². The zero-order valence-electron chi connectivity index (χ0n) is 11.1. The Balaban J connectivity index is 2.42. The summed E-state index contributed by atoms with van der Waals surface area (Å²) < 4.78 is 5.51. The molecule has 0 aromatic heterocycles. The summed E-state index contributed by atoms with van der Waals surface area (Å²) >= 11 is 0. The molecule has 0 bridgehead atoms. The van der Waals surface area contributed by atoms with E-state index in [4.69, 9.17) is 16.2 Å². The van der Waals surface area contributed by atoms with Gasteiger partial charge >= 0.3 is 0 Å². The largest absolute Gasteiger partial charge is 0.494 e. The van der Waals surface area contributed by atoms with Crippen molar-refractivity contribution in [1.82, 2.24) is 0 Å². The highest BCUT2D eigenvalue weighted by Crippen LogP contribution is 2.21. The van der Waals surface area contributed by atoms with Crippen LogP contribution in [0.3, 0.4) is 0 Å². The second-order valence-electron chi connectivity index (χ2n) is 4.52. The molecule has 0 aliphatic rings. The Hall–Kier alpha value is -1.55. The van der Waals surface area contributed by atoms with Crippen LogP contribution < -0.4 is 16.2 Å². The molecule has 0 heterocycles. The topological polar surface area (TPSA) is 78.3 Å². The second-order valence-corrected chi connectivity index (χ2v) is 4.52. The van der Waals surface area contributed by atoms with Gasteiger partial charge in [0.1, 0.15) is 5.75 Å². The fraction of sp³-hybridized carbons (Fsp3) is 0.500. The first-order valence-corrected chi connectivity index (χ1v) is 6.32. The summed E-state index contributed by atoms with van der Waals surface area (Å²) in [6, 6.07) is 7.38. The molecule has 2 unspecified atom stereocenters. The number of hydrogen-bond acceptors (Lipinski definition) is 3. The monoisotopic (exact) mass is 250 g/mol. The Morgan fingerprint density at radius 1 is 1.33 bits per heavy atom. The molecular formula is C14H22N2O2. The van der Waals surface area contributed by atoms with Gasteiger partial charge < -0.3 is 16.2 Å². The number of nitrogens with two attached hydrogens (primary N) is 2. The van der Waals surface area contributed by atoms with Gasteiger partial charge in [0.15, 0.2) is 0 Å². The van der Waals surface area contributed by atoms with Gasteiger partial charge in [-0.1, -0.05) is 26.0 Å². The lowest BCUT2D eigenvalue weighted by Gasteiger charge is -2.12. The van der Waals surface area contributed by atoms with Gasteiger partial charge in [-0.2, -0.15) is 0 Å². The van der Waals surface area contributed by atoms with Crippen molar-refractivity contribution >= 4 is 5.91 Å². The second kappa shape index (κ2) is 7.01. The van der Waals surface area contributed by atoms with Crippen molar-refractivity contribution in [3.8, 4) is 5.75 Å². The molecule has 100 valence electrons. The molecule has 4 nitrogen and oxygen atoms in total. The molecule has 0 saturated heterocycles. The van der Waals surface area contributed by atoms with Gasteiger partial charge in [-0.3, -0.25) is 4.79 Å². The van der Waals surface area contributed by atoms with E-state index >= 15 is 0 Å². The van der Waals surface area contributed by atoms with E-state index in [1.54, 1.807) is 0 Å². The third-order valence-corrected chi connectivity index (χ3v) is 3.12. The number of amides is 1. The maximum atomic E-state index is 10.7. The minimum Gasteiger partial charge on any atom is -0.494 e. The SMILES string of the molecule is CCC(C)c1ccc(OCCC(N)C(N)=O)cc1. The molecule has 2 atom stereocenters. The van der Waals surface area contributed by atoms with Crippen molar-refractivity contribution in [2.45, 2.75) is 38.6 Å². The van der Waals surface area contributed by atoms with Crippen molar-refractivity contribution in [2.75, 3.05) is 6.61 Å². The van der Waals surface area contributed by atoms with E-state index < -0.39 is 11.9 Å². The van der Waals surface area contributed by atoms with Crippen LogP contribution in [0.15, 0.2) is 24.3 Å². The van der Waals surface area contributed by atoms with Crippen molar-refractivity contribution in [3.63, 3.8) is 0 Å². The maximum absolute atomic E-state index is 10.7. The normalized spacial score (nSPS) is 13.9. The fourth-order valence-electron chi connectivity index (χ4n) is 1.57. The third kappa shape index (κ3) is 4.37. The quantitative estimate of drug-likeness (QED) is 0.774. The van der Waals surface area contributed by atoms with Crippen molar-refractivity contribution < 1.29 is 9.53 Å². The molecule has 1 aromatic carbocycles. The first-order chi connectivity index (χ1) is 8.54. The molecular weight excluding hydrogens is 228 g/mol. The smallest absolute Gasteiger partial charge is 0.234 e. The van der Waals surface area contributed by atoms with Gasteiger partial charge in [-0.25, -0.2) is 0 Å². The summed E-state index contributed by atoms with van der Waals surface area (Å²) in [5.41, 5.74) is 11.9. The molecule has 4 N–H and O–H groups in total. The third-order valence-electron chi connectivity index (χ3n) is 3.12. The minimum atomic E-state index is -0.635. The van der Waals surface area contributed by atoms with Crippen molar-refractivity contribution in [2.24, 2.45) is 11.5 Å². The lowest BCUT2D eigenvalue weighted by molar-refractivity contribution is -0.119.